The van der Waals surface area contributed by atoms with Crippen LogP contribution in [0.3, 0.4) is 0 Å². The third-order valence-electron chi connectivity index (χ3n) is 4.28. The Morgan fingerprint density at radius 2 is 2.00 bits per heavy atom. The maximum absolute atomic E-state index is 12.3. The number of hydrogen-bond acceptors (Lipinski definition) is 3. The van der Waals surface area contributed by atoms with E-state index in [4.69, 9.17) is 10.7 Å². The lowest BCUT2D eigenvalue weighted by atomic mass is 9.78. The monoisotopic (exact) mass is 327 g/mol. The van der Waals surface area contributed by atoms with Crippen LogP contribution in [0.1, 0.15) is 37.8 Å². The summed E-state index contributed by atoms with van der Waals surface area (Å²) in [5.41, 5.74) is 1.68. The largest absolute Gasteiger partial charge is 0.337 e. The Bertz CT molecular complexity index is 708. The molecule has 1 aromatic rings. The quantitative estimate of drug-likeness (QED) is 0.785. The highest BCUT2D eigenvalue weighted by molar-refractivity contribution is 8.13. The van der Waals surface area contributed by atoms with Crippen LogP contribution < -0.4 is 0 Å². The maximum atomic E-state index is 12.3. The second kappa shape index (κ2) is 4.71. The molecule has 6 heteroatoms. The van der Waals surface area contributed by atoms with Gasteiger partial charge in [0.05, 0.1) is 4.90 Å². The summed E-state index contributed by atoms with van der Waals surface area (Å²) in [4.78, 5) is 14.3. The minimum atomic E-state index is -3.73. The van der Waals surface area contributed by atoms with E-state index in [1.165, 1.54) is 6.07 Å². The summed E-state index contributed by atoms with van der Waals surface area (Å²) in [5.74, 6) is 0.424. The molecule has 1 fully saturated rings. The van der Waals surface area contributed by atoms with Crippen LogP contribution in [0, 0.1) is 5.92 Å². The molecule has 1 amide bonds. The van der Waals surface area contributed by atoms with E-state index in [1.807, 2.05) is 18.7 Å². The molecule has 0 N–H and O–H groups in total. The van der Waals surface area contributed by atoms with Gasteiger partial charge in [-0.05, 0) is 36.1 Å². The van der Waals surface area contributed by atoms with Crippen LogP contribution >= 0.6 is 10.7 Å². The third-order valence-corrected chi connectivity index (χ3v) is 5.63. The summed E-state index contributed by atoms with van der Waals surface area (Å²) in [6, 6.07) is 4.94. The molecule has 1 aliphatic carbocycles. The molecule has 0 aromatic heterocycles. The van der Waals surface area contributed by atoms with Crippen molar-refractivity contribution in [2.24, 2.45) is 5.92 Å². The van der Waals surface area contributed by atoms with E-state index in [9.17, 15) is 13.2 Å². The molecule has 1 aliphatic heterocycles. The molecule has 1 heterocycles. The Labute approximate surface area is 129 Å². The van der Waals surface area contributed by atoms with Crippen molar-refractivity contribution in [3.63, 3.8) is 0 Å². The molecule has 0 spiro atoms. The fourth-order valence-corrected chi connectivity index (χ4v) is 3.82. The number of amides is 1. The van der Waals surface area contributed by atoms with Gasteiger partial charge in [-0.3, -0.25) is 4.79 Å². The minimum absolute atomic E-state index is 0.123. The van der Waals surface area contributed by atoms with Crippen LogP contribution in [-0.4, -0.2) is 25.8 Å². The second-order valence-corrected chi connectivity index (χ2v) is 9.18. The molecule has 2 aliphatic rings. The number of hydrogen-bond donors (Lipinski definition) is 0. The molecule has 1 aromatic carbocycles. The number of nitrogens with zero attached hydrogens (tertiary/aromatic N) is 1. The summed E-state index contributed by atoms with van der Waals surface area (Å²) in [6.45, 7) is 5.23. The number of halogens is 1. The second-order valence-electron chi connectivity index (χ2n) is 6.61. The predicted molar refractivity (Wildman–Crippen MR) is 80.6 cm³/mol. The van der Waals surface area contributed by atoms with Gasteiger partial charge in [-0.2, -0.15) is 0 Å². The van der Waals surface area contributed by atoms with Gasteiger partial charge in [-0.25, -0.2) is 8.42 Å². The fourth-order valence-electron chi connectivity index (χ4n) is 3.04. The lowest BCUT2D eigenvalue weighted by molar-refractivity contribution is -0.134. The summed E-state index contributed by atoms with van der Waals surface area (Å²) < 4.78 is 23.0. The summed E-state index contributed by atoms with van der Waals surface area (Å²) in [6.07, 6.45) is 1.98. The van der Waals surface area contributed by atoms with Gasteiger partial charge in [0.1, 0.15) is 0 Å². The topological polar surface area (TPSA) is 54.5 Å². The number of fused-ring (bicyclic) bond motifs is 1. The lowest BCUT2D eigenvalue weighted by Crippen LogP contribution is -2.45. The van der Waals surface area contributed by atoms with Crippen molar-refractivity contribution in [1.82, 2.24) is 4.90 Å². The zero-order valence-electron chi connectivity index (χ0n) is 12.1. The van der Waals surface area contributed by atoms with Gasteiger partial charge in [0.15, 0.2) is 0 Å². The van der Waals surface area contributed by atoms with E-state index in [2.05, 4.69) is 0 Å². The number of carbonyl (C=O) groups is 1. The highest BCUT2D eigenvalue weighted by Gasteiger charge is 2.39. The van der Waals surface area contributed by atoms with E-state index >= 15 is 0 Å². The standard InChI is InChI=1S/C15H18ClNO3S/c1-15(2)9-17(14(18)10-3-4-10)8-11-5-6-12(7-13(11)15)21(16,19)20/h5-7,10H,3-4,8-9H2,1-2H3. The van der Waals surface area contributed by atoms with Gasteiger partial charge in [0.2, 0.25) is 5.91 Å². The van der Waals surface area contributed by atoms with Crippen LogP contribution in [0.15, 0.2) is 23.1 Å². The molecule has 21 heavy (non-hydrogen) atoms. The van der Waals surface area contributed by atoms with Gasteiger partial charge < -0.3 is 4.90 Å². The first kappa shape index (κ1) is 14.9. The SMILES string of the molecule is CC1(C)CN(C(=O)C2CC2)Cc2ccc(S(=O)(=O)Cl)cc21. The zero-order chi connectivity index (χ0) is 15.4. The first-order valence-corrected chi connectivity index (χ1v) is 9.36. The van der Waals surface area contributed by atoms with Crippen molar-refractivity contribution in [3.05, 3.63) is 29.3 Å². The molecule has 0 unspecified atom stereocenters. The van der Waals surface area contributed by atoms with Gasteiger partial charge in [-0.1, -0.05) is 19.9 Å². The average Bonchev–Trinajstić information content (AvgIpc) is 3.19. The first-order valence-electron chi connectivity index (χ1n) is 7.05. The van der Waals surface area contributed by atoms with Crippen molar-refractivity contribution in [2.45, 2.75) is 43.5 Å². The molecule has 0 saturated heterocycles. The molecule has 1 saturated carbocycles. The van der Waals surface area contributed by atoms with E-state index in [1.54, 1.807) is 12.1 Å². The van der Waals surface area contributed by atoms with Crippen LogP contribution in [0.4, 0.5) is 0 Å². The van der Waals surface area contributed by atoms with E-state index in [0.29, 0.717) is 13.1 Å². The summed E-state index contributed by atoms with van der Waals surface area (Å²) in [5, 5.41) is 0. The number of rotatable bonds is 2. The van der Waals surface area contributed by atoms with Crippen LogP contribution in [0.25, 0.3) is 0 Å². The Morgan fingerprint density at radius 3 is 2.57 bits per heavy atom. The Morgan fingerprint density at radius 1 is 1.33 bits per heavy atom. The summed E-state index contributed by atoms with van der Waals surface area (Å²) >= 11 is 0. The van der Waals surface area contributed by atoms with E-state index < -0.39 is 9.05 Å². The van der Waals surface area contributed by atoms with E-state index in [0.717, 1.165) is 24.0 Å². The van der Waals surface area contributed by atoms with Gasteiger partial charge in [0.25, 0.3) is 9.05 Å². The molecule has 4 nitrogen and oxygen atoms in total. The Hall–Kier alpha value is -1.07. The molecule has 0 bridgehead atoms. The lowest BCUT2D eigenvalue weighted by Gasteiger charge is -2.40. The molecule has 0 atom stereocenters. The Balaban J connectivity index is 1.99. The number of benzene rings is 1. The number of carbonyl (C=O) groups excluding carboxylic acids is 1. The molecule has 0 radical (unpaired) electrons. The molecular formula is C15H18ClNO3S. The minimum Gasteiger partial charge on any atom is -0.337 e. The average molecular weight is 328 g/mol. The van der Waals surface area contributed by atoms with Crippen LogP contribution in [0.2, 0.25) is 0 Å². The van der Waals surface area contributed by atoms with Crippen molar-refractivity contribution < 1.29 is 13.2 Å². The maximum Gasteiger partial charge on any atom is 0.261 e. The Kier molecular flexibility index (Phi) is 3.33. The predicted octanol–water partition coefficient (Wildman–Crippen LogP) is 2.64. The van der Waals surface area contributed by atoms with Gasteiger partial charge >= 0.3 is 0 Å². The van der Waals surface area contributed by atoms with Crippen LogP contribution in [-0.2, 0) is 25.8 Å². The highest BCUT2D eigenvalue weighted by atomic mass is 35.7. The smallest absolute Gasteiger partial charge is 0.261 e. The molecule has 3 rings (SSSR count). The molecule has 114 valence electrons. The van der Waals surface area contributed by atoms with Crippen molar-refractivity contribution in [1.29, 1.82) is 0 Å². The van der Waals surface area contributed by atoms with Crippen molar-refractivity contribution in [2.75, 3.05) is 6.54 Å². The van der Waals surface area contributed by atoms with Crippen molar-refractivity contribution in [3.8, 4) is 0 Å². The van der Waals surface area contributed by atoms with Gasteiger partial charge in [-0.15, -0.1) is 0 Å². The normalized spacial score (nSPS) is 21.0. The van der Waals surface area contributed by atoms with Crippen LogP contribution in [0.5, 0.6) is 0 Å². The zero-order valence-corrected chi connectivity index (χ0v) is 13.7. The third kappa shape index (κ3) is 2.81. The highest BCUT2D eigenvalue weighted by Crippen LogP contribution is 2.38. The first-order chi connectivity index (χ1) is 9.68. The summed E-state index contributed by atoms with van der Waals surface area (Å²) in [7, 11) is 1.70. The van der Waals surface area contributed by atoms with Gasteiger partial charge in [0, 0.05) is 35.1 Å². The fraction of sp³-hybridized carbons (Fsp3) is 0.533. The van der Waals surface area contributed by atoms with E-state index in [-0.39, 0.29) is 22.1 Å². The van der Waals surface area contributed by atoms with Crippen molar-refractivity contribution >= 4 is 25.6 Å². The molecular weight excluding hydrogens is 310 g/mol.